The van der Waals surface area contributed by atoms with Crippen molar-refractivity contribution < 1.29 is 19.3 Å². The highest BCUT2D eigenvalue weighted by Gasteiger charge is 2.42. The molecule has 0 atom stereocenters. The SMILES string of the molecule is O=C1c2cccc([N+](=O)[O-])c2C(=O)N1CC(=O)N1CCSc2ccc(Cl)cc21. The van der Waals surface area contributed by atoms with E-state index in [2.05, 4.69) is 0 Å². The Kier molecular flexibility index (Phi) is 4.56. The van der Waals surface area contributed by atoms with E-state index in [9.17, 15) is 24.5 Å². The molecule has 8 nitrogen and oxygen atoms in total. The summed E-state index contributed by atoms with van der Waals surface area (Å²) in [5, 5.41) is 11.7. The maximum atomic E-state index is 12.9. The highest BCUT2D eigenvalue weighted by atomic mass is 35.5. The number of rotatable bonds is 3. The van der Waals surface area contributed by atoms with E-state index in [1.54, 1.807) is 23.9 Å². The van der Waals surface area contributed by atoms with E-state index in [4.69, 9.17) is 11.6 Å². The van der Waals surface area contributed by atoms with E-state index in [-0.39, 0.29) is 11.1 Å². The third-order valence-corrected chi connectivity index (χ3v) is 5.83. The molecule has 2 heterocycles. The van der Waals surface area contributed by atoms with E-state index in [1.165, 1.54) is 17.0 Å². The summed E-state index contributed by atoms with van der Waals surface area (Å²) in [7, 11) is 0. The lowest BCUT2D eigenvalue weighted by molar-refractivity contribution is -0.385. The van der Waals surface area contributed by atoms with Crippen molar-refractivity contribution in [2.24, 2.45) is 0 Å². The second-order valence-electron chi connectivity index (χ2n) is 6.16. The third-order valence-electron chi connectivity index (χ3n) is 4.55. The monoisotopic (exact) mass is 417 g/mol. The van der Waals surface area contributed by atoms with Gasteiger partial charge in [0.1, 0.15) is 12.1 Å². The van der Waals surface area contributed by atoms with Crippen molar-refractivity contribution in [3.05, 3.63) is 62.7 Å². The highest BCUT2D eigenvalue weighted by Crippen LogP contribution is 2.37. The van der Waals surface area contributed by atoms with Crippen LogP contribution < -0.4 is 4.90 Å². The third kappa shape index (κ3) is 2.92. The molecule has 2 aliphatic heterocycles. The molecule has 0 saturated carbocycles. The summed E-state index contributed by atoms with van der Waals surface area (Å²) in [5.41, 5.74) is -0.166. The zero-order valence-electron chi connectivity index (χ0n) is 14.3. The van der Waals surface area contributed by atoms with Crippen molar-refractivity contribution in [3.63, 3.8) is 0 Å². The molecule has 0 unspecified atom stereocenters. The molecule has 10 heteroatoms. The van der Waals surface area contributed by atoms with Gasteiger partial charge in [-0.2, -0.15) is 0 Å². The zero-order chi connectivity index (χ0) is 20.0. The van der Waals surface area contributed by atoms with Gasteiger partial charge in [-0.05, 0) is 24.3 Å². The van der Waals surface area contributed by atoms with E-state index >= 15 is 0 Å². The molecule has 0 spiro atoms. The molecule has 28 heavy (non-hydrogen) atoms. The Hall–Kier alpha value is -2.91. The number of nitro groups is 1. The number of benzene rings is 2. The predicted molar refractivity (Wildman–Crippen MR) is 103 cm³/mol. The molecule has 4 rings (SSSR count). The summed E-state index contributed by atoms with van der Waals surface area (Å²) in [6, 6.07) is 9.05. The van der Waals surface area contributed by atoms with Crippen LogP contribution in [0.4, 0.5) is 11.4 Å². The lowest BCUT2D eigenvalue weighted by atomic mass is 10.1. The molecule has 142 valence electrons. The van der Waals surface area contributed by atoms with Crippen molar-refractivity contribution in [2.75, 3.05) is 23.7 Å². The van der Waals surface area contributed by atoms with E-state index < -0.39 is 34.9 Å². The van der Waals surface area contributed by atoms with Crippen molar-refractivity contribution >= 4 is 52.5 Å². The van der Waals surface area contributed by atoms with Gasteiger partial charge in [0, 0.05) is 28.3 Å². The number of carbonyl (C=O) groups excluding carboxylic acids is 3. The first-order valence-corrected chi connectivity index (χ1v) is 9.61. The largest absolute Gasteiger partial charge is 0.309 e. The van der Waals surface area contributed by atoms with Crippen molar-refractivity contribution in [2.45, 2.75) is 4.90 Å². The normalized spacial score (nSPS) is 15.5. The van der Waals surface area contributed by atoms with Crippen molar-refractivity contribution in [1.82, 2.24) is 4.90 Å². The second-order valence-corrected chi connectivity index (χ2v) is 7.73. The van der Waals surface area contributed by atoms with Gasteiger partial charge < -0.3 is 4.90 Å². The standard InChI is InChI=1S/C18H12ClN3O5S/c19-10-4-5-14-13(8-10)20(6-7-28-14)15(23)9-21-17(24)11-2-1-3-12(22(26)27)16(11)18(21)25/h1-5,8H,6-7,9H2. The molecule has 3 amide bonds. The van der Waals surface area contributed by atoms with Gasteiger partial charge in [0.2, 0.25) is 5.91 Å². The number of nitro benzene ring substituents is 1. The number of hydrogen-bond donors (Lipinski definition) is 0. The first-order chi connectivity index (χ1) is 13.4. The molecule has 2 aromatic rings. The average Bonchev–Trinajstić information content (AvgIpc) is 2.92. The number of halogens is 1. The van der Waals surface area contributed by atoms with Crippen LogP contribution in [0, 0.1) is 10.1 Å². The molecular formula is C18H12ClN3O5S. The number of fused-ring (bicyclic) bond motifs is 2. The molecule has 2 aromatic carbocycles. The minimum absolute atomic E-state index is 0.0651. The Morgan fingerprint density at radius 1 is 1.21 bits per heavy atom. The van der Waals surface area contributed by atoms with Crippen LogP contribution in [-0.2, 0) is 4.79 Å². The van der Waals surface area contributed by atoms with Gasteiger partial charge in [-0.15, -0.1) is 11.8 Å². The number of thioether (sulfide) groups is 1. The number of carbonyl (C=O) groups is 3. The molecule has 0 bridgehead atoms. The fourth-order valence-corrected chi connectivity index (χ4v) is 4.42. The van der Waals surface area contributed by atoms with Gasteiger partial charge in [0.25, 0.3) is 17.5 Å². The highest BCUT2D eigenvalue weighted by molar-refractivity contribution is 7.99. The summed E-state index contributed by atoms with van der Waals surface area (Å²) in [5.74, 6) is -1.34. The molecule has 2 aliphatic rings. The number of nitrogens with zero attached hydrogens (tertiary/aromatic N) is 3. The van der Waals surface area contributed by atoms with Gasteiger partial charge >= 0.3 is 0 Å². The number of anilines is 1. The van der Waals surface area contributed by atoms with Crippen LogP contribution in [0.15, 0.2) is 41.3 Å². The van der Waals surface area contributed by atoms with Gasteiger partial charge in [0.05, 0.1) is 16.2 Å². The summed E-state index contributed by atoms with van der Waals surface area (Å²) < 4.78 is 0. The van der Waals surface area contributed by atoms with Gasteiger partial charge in [-0.3, -0.25) is 29.4 Å². The summed E-state index contributed by atoms with van der Waals surface area (Å²) in [6.45, 7) is -0.0969. The van der Waals surface area contributed by atoms with Gasteiger partial charge in [0.15, 0.2) is 0 Å². The number of amides is 3. The molecule has 0 radical (unpaired) electrons. The maximum absolute atomic E-state index is 12.9. The minimum Gasteiger partial charge on any atom is -0.309 e. The first kappa shape index (κ1) is 18.5. The summed E-state index contributed by atoms with van der Waals surface area (Å²) in [4.78, 5) is 51.7. The number of hydrogen-bond acceptors (Lipinski definition) is 6. The van der Waals surface area contributed by atoms with Crippen molar-refractivity contribution in [3.8, 4) is 0 Å². The predicted octanol–water partition coefficient (Wildman–Crippen LogP) is 2.98. The molecule has 0 N–H and O–H groups in total. The van der Waals surface area contributed by atoms with Gasteiger partial charge in [-0.25, -0.2) is 0 Å². The van der Waals surface area contributed by atoms with Crippen LogP contribution in [0.5, 0.6) is 0 Å². The lowest BCUT2D eigenvalue weighted by Crippen LogP contribution is -2.44. The maximum Gasteiger partial charge on any atom is 0.282 e. The Morgan fingerprint density at radius 3 is 2.75 bits per heavy atom. The average molecular weight is 418 g/mol. The van der Waals surface area contributed by atoms with Crippen LogP contribution in [-0.4, -0.2) is 46.4 Å². The van der Waals surface area contributed by atoms with Crippen LogP contribution in [0.1, 0.15) is 20.7 Å². The Balaban J connectivity index is 1.63. The lowest BCUT2D eigenvalue weighted by Gasteiger charge is -2.30. The fraction of sp³-hybridized carbons (Fsp3) is 0.167. The Labute approximate surface area is 168 Å². The minimum atomic E-state index is -0.835. The topological polar surface area (TPSA) is 101 Å². The second kappa shape index (κ2) is 6.92. The molecule has 0 aromatic heterocycles. The smallest absolute Gasteiger partial charge is 0.282 e. The fourth-order valence-electron chi connectivity index (χ4n) is 3.28. The summed E-state index contributed by atoms with van der Waals surface area (Å²) in [6.07, 6.45) is 0. The number of imide groups is 1. The van der Waals surface area contributed by atoms with Crippen LogP contribution in [0.2, 0.25) is 5.02 Å². The quantitative estimate of drug-likeness (QED) is 0.432. The van der Waals surface area contributed by atoms with Crippen LogP contribution >= 0.6 is 23.4 Å². The zero-order valence-corrected chi connectivity index (χ0v) is 15.8. The first-order valence-electron chi connectivity index (χ1n) is 8.25. The van der Waals surface area contributed by atoms with Crippen molar-refractivity contribution in [1.29, 1.82) is 0 Å². The Morgan fingerprint density at radius 2 is 2.00 bits per heavy atom. The van der Waals surface area contributed by atoms with Crippen LogP contribution in [0.25, 0.3) is 0 Å². The van der Waals surface area contributed by atoms with Crippen LogP contribution in [0.3, 0.4) is 0 Å². The van der Waals surface area contributed by atoms with Gasteiger partial charge in [-0.1, -0.05) is 17.7 Å². The molecule has 0 saturated heterocycles. The molecule has 0 fully saturated rings. The summed E-state index contributed by atoms with van der Waals surface area (Å²) >= 11 is 7.62. The van der Waals surface area contributed by atoms with E-state index in [0.717, 1.165) is 15.9 Å². The van der Waals surface area contributed by atoms with E-state index in [0.29, 0.717) is 23.0 Å². The molecule has 0 aliphatic carbocycles. The molecular weight excluding hydrogens is 406 g/mol. The Bertz CT molecular complexity index is 1060. The van der Waals surface area contributed by atoms with E-state index in [1.807, 2.05) is 6.07 Å².